The van der Waals surface area contributed by atoms with Crippen LogP contribution in [0, 0.1) is 18.2 Å². The molecular weight excluding hydrogens is 163 g/mol. The summed E-state index contributed by atoms with van der Waals surface area (Å²) in [6, 6.07) is 4.55. The minimum absolute atomic E-state index is 0.107. The summed E-state index contributed by atoms with van der Waals surface area (Å²) in [6.07, 6.45) is 5.32. The zero-order chi connectivity index (χ0) is 10.1. The fourth-order valence-corrected chi connectivity index (χ4v) is 1.26. The summed E-state index contributed by atoms with van der Waals surface area (Å²) < 4.78 is 12.9. The van der Waals surface area contributed by atoms with Crippen LogP contribution in [0.1, 0.15) is 31.9 Å². The number of benzene rings is 1. The second kappa shape index (κ2) is 3.22. The van der Waals surface area contributed by atoms with Crippen LogP contribution < -0.4 is 0 Å². The maximum Gasteiger partial charge on any atom is 0.123 e. The SMILES string of the molecule is C#Cc1ccc(F)cc1C(C)(C)C. The fraction of sp³-hybridized carbons (Fsp3) is 0.333. The Morgan fingerprint density at radius 2 is 1.92 bits per heavy atom. The maximum atomic E-state index is 12.9. The van der Waals surface area contributed by atoms with Crippen molar-refractivity contribution in [3.05, 3.63) is 35.1 Å². The van der Waals surface area contributed by atoms with Crippen molar-refractivity contribution in [3.8, 4) is 12.3 Å². The molecule has 1 aromatic carbocycles. The molecule has 0 aliphatic heterocycles. The van der Waals surface area contributed by atoms with Crippen LogP contribution in [-0.2, 0) is 5.41 Å². The third kappa shape index (κ3) is 2.09. The van der Waals surface area contributed by atoms with Crippen LogP contribution >= 0.6 is 0 Å². The number of halogens is 1. The summed E-state index contributed by atoms with van der Waals surface area (Å²) in [5, 5.41) is 0. The first kappa shape index (κ1) is 9.80. The highest BCUT2D eigenvalue weighted by molar-refractivity contribution is 5.43. The third-order valence-corrected chi connectivity index (χ3v) is 1.95. The predicted molar refractivity (Wildman–Crippen MR) is 53.0 cm³/mol. The summed E-state index contributed by atoms with van der Waals surface area (Å²) in [5.41, 5.74) is 1.55. The van der Waals surface area contributed by atoms with E-state index in [0.29, 0.717) is 0 Å². The molecule has 0 nitrogen and oxygen atoms in total. The average molecular weight is 176 g/mol. The van der Waals surface area contributed by atoms with Gasteiger partial charge in [-0.05, 0) is 29.2 Å². The summed E-state index contributed by atoms with van der Waals surface area (Å²) in [5.74, 6) is 2.33. The molecule has 0 atom stereocenters. The van der Waals surface area contributed by atoms with Gasteiger partial charge in [0.05, 0.1) is 0 Å². The second-order valence-corrected chi connectivity index (χ2v) is 4.08. The Hall–Kier alpha value is -1.29. The van der Waals surface area contributed by atoms with E-state index < -0.39 is 0 Å². The molecule has 0 saturated heterocycles. The summed E-state index contributed by atoms with van der Waals surface area (Å²) in [6.45, 7) is 6.05. The molecular formula is C12H13F. The van der Waals surface area contributed by atoms with Gasteiger partial charge < -0.3 is 0 Å². The van der Waals surface area contributed by atoms with E-state index in [4.69, 9.17) is 6.42 Å². The quantitative estimate of drug-likeness (QED) is 0.533. The van der Waals surface area contributed by atoms with Gasteiger partial charge in [0.1, 0.15) is 5.82 Å². The second-order valence-electron chi connectivity index (χ2n) is 4.08. The van der Waals surface area contributed by atoms with Crippen molar-refractivity contribution in [2.24, 2.45) is 0 Å². The van der Waals surface area contributed by atoms with E-state index in [1.165, 1.54) is 12.1 Å². The van der Waals surface area contributed by atoms with Gasteiger partial charge in [0.25, 0.3) is 0 Å². The Morgan fingerprint density at radius 3 is 2.38 bits per heavy atom. The van der Waals surface area contributed by atoms with E-state index in [2.05, 4.69) is 5.92 Å². The van der Waals surface area contributed by atoms with E-state index in [9.17, 15) is 4.39 Å². The lowest BCUT2D eigenvalue weighted by molar-refractivity contribution is 0.571. The van der Waals surface area contributed by atoms with Gasteiger partial charge in [-0.2, -0.15) is 0 Å². The largest absolute Gasteiger partial charge is 0.207 e. The van der Waals surface area contributed by atoms with E-state index in [1.807, 2.05) is 20.8 Å². The standard InChI is InChI=1S/C12H13F/c1-5-9-6-7-10(13)8-11(9)12(2,3)4/h1,6-8H,2-4H3. The molecule has 13 heavy (non-hydrogen) atoms. The van der Waals surface area contributed by atoms with Gasteiger partial charge in [-0.25, -0.2) is 4.39 Å². The lowest BCUT2D eigenvalue weighted by atomic mass is 9.84. The van der Waals surface area contributed by atoms with E-state index in [-0.39, 0.29) is 11.2 Å². The molecule has 0 heterocycles. The zero-order valence-corrected chi connectivity index (χ0v) is 8.19. The normalized spacial score (nSPS) is 11.0. The molecule has 0 aliphatic carbocycles. The first-order valence-electron chi connectivity index (χ1n) is 4.22. The average Bonchev–Trinajstić information content (AvgIpc) is 2.03. The number of hydrogen-bond acceptors (Lipinski definition) is 0. The predicted octanol–water partition coefficient (Wildman–Crippen LogP) is 3.10. The van der Waals surface area contributed by atoms with Crippen molar-refractivity contribution in [2.75, 3.05) is 0 Å². The van der Waals surface area contributed by atoms with E-state index >= 15 is 0 Å². The Kier molecular flexibility index (Phi) is 2.43. The zero-order valence-electron chi connectivity index (χ0n) is 8.19. The Bertz CT molecular complexity index is 350. The van der Waals surface area contributed by atoms with Crippen LogP contribution in [0.15, 0.2) is 18.2 Å². The van der Waals surface area contributed by atoms with Gasteiger partial charge in [0.2, 0.25) is 0 Å². The molecule has 1 aromatic rings. The van der Waals surface area contributed by atoms with Gasteiger partial charge in [0, 0.05) is 5.56 Å². The first-order valence-corrected chi connectivity index (χ1v) is 4.22. The van der Waals surface area contributed by atoms with Crippen molar-refractivity contribution in [1.82, 2.24) is 0 Å². The monoisotopic (exact) mass is 176 g/mol. The molecule has 1 heteroatoms. The number of terminal acetylenes is 1. The van der Waals surface area contributed by atoms with Crippen LogP contribution in [0.3, 0.4) is 0 Å². The smallest absolute Gasteiger partial charge is 0.123 e. The molecule has 68 valence electrons. The van der Waals surface area contributed by atoms with Crippen LogP contribution in [0.2, 0.25) is 0 Å². The highest BCUT2D eigenvalue weighted by Crippen LogP contribution is 2.25. The van der Waals surface area contributed by atoms with Gasteiger partial charge in [0.15, 0.2) is 0 Å². The molecule has 0 N–H and O–H groups in total. The lowest BCUT2D eigenvalue weighted by Gasteiger charge is -2.20. The third-order valence-electron chi connectivity index (χ3n) is 1.95. The van der Waals surface area contributed by atoms with Gasteiger partial charge in [-0.3, -0.25) is 0 Å². The molecule has 0 bridgehead atoms. The Morgan fingerprint density at radius 1 is 1.31 bits per heavy atom. The summed E-state index contributed by atoms with van der Waals surface area (Å²) in [4.78, 5) is 0. The van der Waals surface area contributed by atoms with Crippen LogP contribution in [0.4, 0.5) is 4.39 Å². The lowest BCUT2D eigenvalue weighted by Crippen LogP contribution is -2.13. The van der Waals surface area contributed by atoms with Crippen molar-refractivity contribution in [2.45, 2.75) is 26.2 Å². The van der Waals surface area contributed by atoms with Crippen LogP contribution in [0.25, 0.3) is 0 Å². The molecule has 0 unspecified atom stereocenters. The topological polar surface area (TPSA) is 0 Å². The molecule has 0 aliphatic rings. The molecule has 0 saturated carbocycles. The van der Waals surface area contributed by atoms with Crippen molar-refractivity contribution >= 4 is 0 Å². The highest BCUT2D eigenvalue weighted by Gasteiger charge is 2.17. The minimum atomic E-state index is -0.232. The molecule has 0 spiro atoms. The highest BCUT2D eigenvalue weighted by atomic mass is 19.1. The first-order chi connectivity index (χ1) is 5.95. The molecule has 0 radical (unpaired) electrons. The van der Waals surface area contributed by atoms with Crippen molar-refractivity contribution < 1.29 is 4.39 Å². The van der Waals surface area contributed by atoms with Crippen molar-refractivity contribution in [3.63, 3.8) is 0 Å². The maximum absolute atomic E-state index is 12.9. The van der Waals surface area contributed by atoms with E-state index in [1.54, 1.807) is 6.07 Å². The Balaban J connectivity index is 3.35. The van der Waals surface area contributed by atoms with Crippen LogP contribution in [0.5, 0.6) is 0 Å². The fourth-order valence-electron chi connectivity index (χ4n) is 1.26. The van der Waals surface area contributed by atoms with Gasteiger partial charge in [-0.1, -0.05) is 26.7 Å². The minimum Gasteiger partial charge on any atom is -0.207 e. The molecule has 0 amide bonds. The van der Waals surface area contributed by atoms with Crippen molar-refractivity contribution in [1.29, 1.82) is 0 Å². The molecule has 1 rings (SSSR count). The number of hydrogen-bond donors (Lipinski definition) is 0. The van der Waals surface area contributed by atoms with E-state index in [0.717, 1.165) is 11.1 Å². The summed E-state index contributed by atoms with van der Waals surface area (Å²) in [7, 11) is 0. The van der Waals surface area contributed by atoms with Gasteiger partial charge >= 0.3 is 0 Å². The van der Waals surface area contributed by atoms with Gasteiger partial charge in [-0.15, -0.1) is 6.42 Å². The molecule has 0 aromatic heterocycles. The van der Waals surface area contributed by atoms with Crippen LogP contribution in [-0.4, -0.2) is 0 Å². The number of rotatable bonds is 0. The molecule has 0 fully saturated rings. The summed E-state index contributed by atoms with van der Waals surface area (Å²) >= 11 is 0. The Labute approximate surface area is 78.8 Å².